The molecule has 4 N–H and O–H groups in total. The molecule has 0 saturated heterocycles. The van der Waals surface area contributed by atoms with E-state index < -0.39 is 48.7 Å². The summed E-state index contributed by atoms with van der Waals surface area (Å²) in [6.07, 6.45) is -3.41. The lowest BCUT2D eigenvalue weighted by atomic mass is 9.79. The largest absolute Gasteiger partial charge is 0.547 e. The topological polar surface area (TPSA) is 157 Å². The third-order valence-corrected chi connectivity index (χ3v) is 4.10. The lowest BCUT2D eigenvalue weighted by Crippen LogP contribution is -2.60. The van der Waals surface area contributed by atoms with Gasteiger partial charge in [0.2, 0.25) is 0 Å². The zero-order valence-electron chi connectivity index (χ0n) is 13.9. The molecule has 0 aromatic heterocycles. The van der Waals surface area contributed by atoms with Crippen LogP contribution in [0, 0.1) is 0 Å². The number of aromatic hydroxyl groups is 1. The van der Waals surface area contributed by atoms with Crippen LogP contribution in [0.15, 0.2) is 24.3 Å². The molecule has 9 nitrogen and oxygen atoms in total. The zero-order chi connectivity index (χ0) is 19.5. The molecule has 2 rings (SSSR count). The van der Waals surface area contributed by atoms with Crippen LogP contribution in [0.2, 0.25) is 0 Å². The number of hydrogen-bond acceptors (Lipinski definition) is 9. The Morgan fingerprint density at radius 1 is 1.27 bits per heavy atom. The van der Waals surface area contributed by atoms with E-state index >= 15 is 0 Å². The first-order valence-corrected chi connectivity index (χ1v) is 7.72. The van der Waals surface area contributed by atoms with Crippen molar-refractivity contribution in [2.24, 2.45) is 0 Å². The van der Waals surface area contributed by atoms with Gasteiger partial charge in [-0.2, -0.15) is 0 Å². The molecule has 1 aromatic rings. The first-order chi connectivity index (χ1) is 12.2. The number of aliphatic hydroxyl groups is 3. The molecule has 0 aliphatic heterocycles. The number of carboxylic acids is 1. The van der Waals surface area contributed by atoms with Gasteiger partial charge >= 0.3 is 5.97 Å². The first kappa shape index (κ1) is 19.7. The monoisotopic (exact) mass is 367 g/mol. The van der Waals surface area contributed by atoms with Crippen molar-refractivity contribution in [2.75, 3.05) is 7.11 Å². The third kappa shape index (κ3) is 4.31. The van der Waals surface area contributed by atoms with Crippen LogP contribution in [0.4, 0.5) is 0 Å². The first-order valence-electron chi connectivity index (χ1n) is 7.72. The molecule has 0 radical (unpaired) electrons. The molecule has 1 aliphatic carbocycles. The van der Waals surface area contributed by atoms with Gasteiger partial charge in [-0.3, -0.25) is 0 Å². The molecule has 2 unspecified atom stereocenters. The average molecular weight is 367 g/mol. The summed E-state index contributed by atoms with van der Waals surface area (Å²) in [5.74, 6) is -2.57. The molecule has 1 fully saturated rings. The van der Waals surface area contributed by atoms with E-state index in [0.717, 1.165) is 6.08 Å². The van der Waals surface area contributed by atoms with Gasteiger partial charge < -0.3 is 39.8 Å². The minimum Gasteiger partial charge on any atom is -0.547 e. The van der Waals surface area contributed by atoms with E-state index in [1.54, 1.807) is 0 Å². The fourth-order valence-corrected chi connectivity index (χ4v) is 2.72. The van der Waals surface area contributed by atoms with Gasteiger partial charge in [0.15, 0.2) is 17.6 Å². The number of carbonyl (C=O) groups is 2. The lowest BCUT2D eigenvalue weighted by molar-refractivity contribution is -0.331. The highest BCUT2D eigenvalue weighted by Crippen LogP contribution is 2.31. The Labute approximate surface area is 148 Å². The summed E-state index contributed by atoms with van der Waals surface area (Å²) in [4.78, 5) is 22.8. The summed E-state index contributed by atoms with van der Waals surface area (Å²) in [5.41, 5.74) is -1.87. The molecule has 0 spiro atoms. The quantitative estimate of drug-likeness (QED) is 0.352. The van der Waals surface area contributed by atoms with Crippen LogP contribution in [0.5, 0.6) is 11.5 Å². The number of methoxy groups -OCH3 is 1. The molecular weight excluding hydrogens is 348 g/mol. The number of aliphatic carboxylic acids is 1. The molecule has 26 heavy (non-hydrogen) atoms. The number of phenolic OH excluding ortho intramolecular Hbond substituents is 1. The standard InChI is InChI=1S/C17H20O9/c1-25-13-6-9(2-4-10(13)18)3-5-14(21)26-15-11(19)7-17(24,16(22)23)8-12(15)20/h2-6,11-12,15,18-20,24H,7-8H2,1H3,(H,22,23)/p-1/b5-3+. The van der Waals surface area contributed by atoms with Gasteiger partial charge in [0, 0.05) is 18.9 Å². The summed E-state index contributed by atoms with van der Waals surface area (Å²) < 4.78 is 9.90. The smallest absolute Gasteiger partial charge is 0.331 e. The normalized spacial score (nSPS) is 28.7. The van der Waals surface area contributed by atoms with E-state index in [9.17, 15) is 35.1 Å². The summed E-state index contributed by atoms with van der Waals surface area (Å²) in [7, 11) is 1.37. The van der Waals surface area contributed by atoms with Gasteiger partial charge in [-0.15, -0.1) is 0 Å². The van der Waals surface area contributed by atoms with Crippen molar-refractivity contribution in [2.45, 2.75) is 36.8 Å². The summed E-state index contributed by atoms with van der Waals surface area (Å²) in [6.45, 7) is 0. The van der Waals surface area contributed by atoms with Gasteiger partial charge in [0.1, 0.15) is 5.60 Å². The van der Waals surface area contributed by atoms with Crippen molar-refractivity contribution in [3.8, 4) is 11.5 Å². The van der Waals surface area contributed by atoms with E-state index in [-0.39, 0.29) is 11.5 Å². The van der Waals surface area contributed by atoms with E-state index in [4.69, 9.17) is 9.47 Å². The Kier molecular flexibility index (Phi) is 5.86. The maximum Gasteiger partial charge on any atom is 0.331 e. The van der Waals surface area contributed by atoms with Gasteiger partial charge in [0.05, 0.1) is 25.3 Å². The second-order valence-corrected chi connectivity index (χ2v) is 6.03. The van der Waals surface area contributed by atoms with Gasteiger partial charge in [-0.25, -0.2) is 4.79 Å². The van der Waals surface area contributed by atoms with Gasteiger partial charge in [-0.1, -0.05) is 6.07 Å². The van der Waals surface area contributed by atoms with Crippen molar-refractivity contribution in [1.29, 1.82) is 0 Å². The second kappa shape index (κ2) is 7.73. The Bertz CT molecular complexity index is 700. The molecule has 0 amide bonds. The minimum absolute atomic E-state index is 0.0684. The predicted molar refractivity (Wildman–Crippen MR) is 84.8 cm³/mol. The molecular formula is C17H19O9-. The van der Waals surface area contributed by atoms with Crippen molar-refractivity contribution >= 4 is 18.0 Å². The van der Waals surface area contributed by atoms with Crippen LogP contribution in [0.1, 0.15) is 18.4 Å². The van der Waals surface area contributed by atoms with Crippen LogP contribution < -0.4 is 9.84 Å². The minimum atomic E-state index is -2.39. The molecule has 9 heteroatoms. The molecule has 142 valence electrons. The number of esters is 1. The van der Waals surface area contributed by atoms with Gasteiger partial charge in [0.25, 0.3) is 0 Å². The number of aliphatic hydroxyl groups excluding tert-OH is 2. The van der Waals surface area contributed by atoms with E-state index in [0.29, 0.717) is 5.56 Å². The molecule has 0 bridgehead atoms. The maximum absolute atomic E-state index is 11.9. The molecule has 1 saturated carbocycles. The number of rotatable bonds is 5. The summed E-state index contributed by atoms with van der Waals surface area (Å²) in [5, 5.41) is 50.0. The lowest BCUT2D eigenvalue weighted by Gasteiger charge is -2.41. The number of hydrogen-bond donors (Lipinski definition) is 4. The number of carbonyl (C=O) groups excluding carboxylic acids is 2. The van der Waals surface area contributed by atoms with E-state index in [1.807, 2.05) is 0 Å². The second-order valence-electron chi connectivity index (χ2n) is 6.03. The third-order valence-electron chi connectivity index (χ3n) is 4.10. The van der Waals surface area contributed by atoms with Crippen LogP contribution in [-0.2, 0) is 14.3 Å². The molecule has 1 aliphatic rings. The SMILES string of the molecule is COc1cc(/C=C/C(=O)OC2C(O)CC(O)(C(=O)[O-])CC2O)ccc1O. The van der Waals surface area contributed by atoms with Gasteiger partial charge in [-0.05, 0) is 23.8 Å². The van der Waals surface area contributed by atoms with Crippen LogP contribution in [-0.4, -0.2) is 63.4 Å². The Morgan fingerprint density at radius 3 is 2.42 bits per heavy atom. The molecule has 2 atom stereocenters. The van der Waals surface area contributed by atoms with Crippen LogP contribution in [0.3, 0.4) is 0 Å². The Balaban J connectivity index is 2.02. The van der Waals surface area contributed by atoms with Crippen LogP contribution >= 0.6 is 0 Å². The number of phenols is 1. The molecule has 1 aromatic carbocycles. The fraction of sp³-hybridized carbons (Fsp3) is 0.412. The Hall–Kier alpha value is -2.62. The average Bonchev–Trinajstić information content (AvgIpc) is 2.57. The van der Waals surface area contributed by atoms with Crippen molar-refractivity contribution in [3.63, 3.8) is 0 Å². The zero-order valence-corrected chi connectivity index (χ0v) is 13.9. The highest BCUT2D eigenvalue weighted by molar-refractivity contribution is 5.87. The Morgan fingerprint density at radius 2 is 1.88 bits per heavy atom. The predicted octanol–water partition coefficient (Wildman–Crippen LogP) is -1.68. The maximum atomic E-state index is 11.9. The van der Waals surface area contributed by atoms with Crippen molar-refractivity contribution in [1.82, 2.24) is 0 Å². The number of benzene rings is 1. The highest BCUT2D eigenvalue weighted by Gasteiger charge is 2.46. The van der Waals surface area contributed by atoms with Crippen molar-refractivity contribution in [3.05, 3.63) is 29.8 Å². The summed E-state index contributed by atoms with van der Waals surface area (Å²) >= 11 is 0. The highest BCUT2D eigenvalue weighted by atomic mass is 16.6. The number of carboxylic acid groups (broad SMARTS) is 1. The van der Waals surface area contributed by atoms with E-state index in [1.165, 1.54) is 31.4 Å². The van der Waals surface area contributed by atoms with Crippen LogP contribution in [0.25, 0.3) is 6.08 Å². The van der Waals surface area contributed by atoms with Crippen molar-refractivity contribution < 1.29 is 44.6 Å². The molecule has 0 heterocycles. The number of ether oxygens (including phenoxy) is 2. The fourth-order valence-electron chi connectivity index (χ4n) is 2.72. The summed E-state index contributed by atoms with van der Waals surface area (Å²) in [6, 6.07) is 4.37. The van der Waals surface area contributed by atoms with E-state index in [2.05, 4.69) is 0 Å².